The number of nitrogens with zero attached hydrogens (tertiary/aromatic N) is 3. The third-order valence-corrected chi connectivity index (χ3v) is 3.33. The molecule has 0 radical (unpaired) electrons. The normalized spacial score (nSPS) is 10.8. The molecule has 0 saturated carbocycles. The van der Waals surface area contributed by atoms with Crippen LogP contribution in [-0.4, -0.2) is 28.1 Å². The third kappa shape index (κ3) is 3.95. The minimum atomic E-state index is -0.0202. The number of hydrogen-bond acceptors (Lipinski definition) is 4. The van der Waals surface area contributed by atoms with Gasteiger partial charge in [0.05, 0.1) is 18.0 Å². The molecule has 1 N–H and O–H groups in total. The third-order valence-electron chi connectivity index (χ3n) is 3.33. The molecule has 0 aliphatic carbocycles. The summed E-state index contributed by atoms with van der Waals surface area (Å²) in [7, 11) is 3.55. The fraction of sp³-hybridized carbons (Fsp3) is 0.467. The smallest absolute Gasteiger partial charge is 0.250 e. The highest BCUT2D eigenvalue weighted by molar-refractivity contribution is 5.41. The average Bonchev–Trinajstić information content (AvgIpc) is 2.85. The molecule has 0 aromatic carbocycles. The molecule has 0 fully saturated rings. The summed E-state index contributed by atoms with van der Waals surface area (Å²) in [5.41, 5.74) is 3.16. The zero-order chi connectivity index (χ0) is 15.2. The standard InChI is InChI=1S/C15H22N4O2/c1-4-14-12(10-18(2)17-14)9-16-13-5-6-15(20)19(11-13)7-8-21-3/h5-6,10-11,16H,4,7-9H2,1-3H3. The van der Waals surface area contributed by atoms with Gasteiger partial charge in [0.25, 0.3) is 5.56 Å². The summed E-state index contributed by atoms with van der Waals surface area (Å²) >= 11 is 0. The Morgan fingerprint density at radius 1 is 1.33 bits per heavy atom. The van der Waals surface area contributed by atoms with Gasteiger partial charge in [-0.2, -0.15) is 5.10 Å². The number of nitrogens with one attached hydrogen (secondary N) is 1. The lowest BCUT2D eigenvalue weighted by atomic mass is 10.2. The maximum absolute atomic E-state index is 11.7. The van der Waals surface area contributed by atoms with E-state index < -0.39 is 0 Å². The van der Waals surface area contributed by atoms with Gasteiger partial charge >= 0.3 is 0 Å². The van der Waals surface area contributed by atoms with Crippen LogP contribution in [0.2, 0.25) is 0 Å². The first kappa shape index (κ1) is 15.3. The summed E-state index contributed by atoms with van der Waals surface area (Å²) in [5, 5.41) is 7.76. The SMILES string of the molecule is CCc1nn(C)cc1CNc1ccc(=O)n(CCOC)c1. The van der Waals surface area contributed by atoms with Gasteiger partial charge < -0.3 is 14.6 Å². The van der Waals surface area contributed by atoms with E-state index in [2.05, 4.69) is 17.3 Å². The van der Waals surface area contributed by atoms with Crippen LogP contribution in [0, 0.1) is 0 Å². The largest absolute Gasteiger partial charge is 0.383 e. The van der Waals surface area contributed by atoms with Crippen LogP contribution in [0.4, 0.5) is 5.69 Å². The van der Waals surface area contributed by atoms with Crippen molar-refractivity contribution < 1.29 is 4.74 Å². The predicted molar refractivity (Wildman–Crippen MR) is 82.5 cm³/mol. The molecule has 0 amide bonds. The van der Waals surface area contributed by atoms with Crippen molar-refractivity contribution in [1.82, 2.24) is 14.3 Å². The summed E-state index contributed by atoms with van der Waals surface area (Å²) in [6, 6.07) is 3.37. The summed E-state index contributed by atoms with van der Waals surface area (Å²) in [6.07, 6.45) is 4.75. The quantitative estimate of drug-likeness (QED) is 0.837. The molecular weight excluding hydrogens is 268 g/mol. The van der Waals surface area contributed by atoms with Crippen molar-refractivity contribution in [2.45, 2.75) is 26.4 Å². The zero-order valence-electron chi connectivity index (χ0n) is 12.8. The van der Waals surface area contributed by atoms with E-state index in [0.29, 0.717) is 19.7 Å². The van der Waals surface area contributed by atoms with Gasteiger partial charge in [0, 0.05) is 51.3 Å². The first-order valence-corrected chi connectivity index (χ1v) is 7.08. The van der Waals surface area contributed by atoms with Crippen molar-refractivity contribution in [3.05, 3.63) is 46.1 Å². The monoisotopic (exact) mass is 290 g/mol. The number of hydrogen-bond donors (Lipinski definition) is 1. The van der Waals surface area contributed by atoms with Crippen LogP contribution in [0.3, 0.4) is 0 Å². The molecule has 0 aliphatic rings. The van der Waals surface area contributed by atoms with Crippen LogP contribution >= 0.6 is 0 Å². The Labute approximate surface area is 124 Å². The highest BCUT2D eigenvalue weighted by atomic mass is 16.5. The summed E-state index contributed by atoms with van der Waals surface area (Å²) in [6.45, 7) is 3.86. The van der Waals surface area contributed by atoms with E-state index in [1.54, 1.807) is 23.8 Å². The van der Waals surface area contributed by atoms with E-state index in [-0.39, 0.29) is 5.56 Å². The van der Waals surface area contributed by atoms with Gasteiger partial charge in [0.15, 0.2) is 0 Å². The van der Waals surface area contributed by atoms with Crippen molar-refractivity contribution in [2.75, 3.05) is 19.0 Å². The molecule has 21 heavy (non-hydrogen) atoms. The number of pyridine rings is 1. The van der Waals surface area contributed by atoms with Gasteiger partial charge in [-0.05, 0) is 12.5 Å². The lowest BCUT2D eigenvalue weighted by Gasteiger charge is -2.10. The van der Waals surface area contributed by atoms with Crippen molar-refractivity contribution in [2.24, 2.45) is 7.05 Å². The van der Waals surface area contributed by atoms with E-state index in [1.807, 2.05) is 24.1 Å². The number of aromatic nitrogens is 3. The van der Waals surface area contributed by atoms with Gasteiger partial charge in [-0.1, -0.05) is 6.92 Å². The van der Waals surface area contributed by atoms with Crippen LogP contribution in [0.5, 0.6) is 0 Å². The average molecular weight is 290 g/mol. The summed E-state index contributed by atoms with van der Waals surface area (Å²) in [5.74, 6) is 0. The summed E-state index contributed by atoms with van der Waals surface area (Å²) in [4.78, 5) is 11.7. The molecule has 0 saturated heterocycles. The fourth-order valence-electron chi connectivity index (χ4n) is 2.23. The van der Waals surface area contributed by atoms with Gasteiger partial charge in [0.1, 0.15) is 0 Å². The molecule has 2 heterocycles. The second-order valence-corrected chi connectivity index (χ2v) is 4.92. The Hall–Kier alpha value is -2.08. The predicted octanol–water partition coefficient (Wildman–Crippen LogP) is 1.40. The number of aryl methyl sites for hydroxylation is 2. The number of rotatable bonds is 7. The molecule has 2 aromatic heterocycles. The second kappa shape index (κ2) is 7.08. The molecule has 0 spiro atoms. The number of ether oxygens (including phenoxy) is 1. The molecule has 0 unspecified atom stereocenters. The molecule has 0 bridgehead atoms. The Balaban J connectivity index is 2.07. The van der Waals surface area contributed by atoms with Crippen molar-refractivity contribution in [3.63, 3.8) is 0 Å². The van der Waals surface area contributed by atoms with Gasteiger partial charge in [-0.3, -0.25) is 9.48 Å². The van der Waals surface area contributed by atoms with Gasteiger partial charge in [-0.25, -0.2) is 0 Å². The molecule has 0 aliphatic heterocycles. The first-order valence-electron chi connectivity index (χ1n) is 7.08. The Bertz CT molecular complexity index is 645. The van der Waals surface area contributed by atoms with Crippen LogP contribution in [0.1, 0.15) is 18.2 Å². The first-order chi connectivity index (χ1) is 10.1. The highest BCUT2D eigenvalue weighted by Crippen LogP contribution is 2.11. The Morgan fingerprint density at radius 2 is 2.14 bits per heavy atom. The van der Waals surface area contributed by atoms with E-state index >= 15 is 0 Å². The summed E-state index contributed by atoms with van der Waals surface area (Å²) < 4.78 is 8.49. The van der Waals surface area contributed by atoms with Crippen LogP contribution in [0.15, 0.2) is 29.3 Å². The van der Waals surface area contributed by atoms with E-state index in [0.717, 1.165) is 17.8 Å². The van der Waals surface area contributed by atoms with Crippen LogP contribution < -0.4 is 10.9 Å². The van der Waals surface area contributed by atoms with E-state index in [9.17, 15) is 4.79 Å². The van der Waals surface area contributed by atoms with E-state index in [4.69, 9.17) is 4.74 Å². The van der Waals surface area contributed by atoms with Gasteiger partial charge in [-0.15, -0.1) is 0 Å². The zero-order valence-corrected chi connectivity index (χ0v) is 12.8. The molecule has 6 nitrogen and oxygen atoms in total. The number of methoxy groups -OCH3 is 1. The van der Waals surface area contributed by atoms with Gasteiger partial charge in [0.2, 0.25) is 0 Å². The lowest BCUT2D eigenvalue weighted by Crippen LogP contribution is -2.21. The van der Waals surface area contributed by atoms with Crippen LogP contribution in [-0.2, 0) is 31.3 Å². The van der Waals surface area contributed by atoms with Crippen molar-refractivity contribution >= 4 is 5.69 Å². The molecule has 0 atom stereocenters. The number of anilines is 1. The molecule has 114 valence electrons. The molecule has 2 rings (SSSR count). The maximum atomic E-state index is 11.7. The minimum Gasteiger partial charge on any atom is -0.383 e. The highest BCUT2D eigenvalue weighted by Gasteiger charge is 2.06. The Kier molecular flexibility index (Phi) is 5.16. The second-order valence-electron chi connectivity index (χ2n) is 4.92. The fourth-order valence-corrected chi connectivity index (χ4v) is 2.23. The maximum Gasteiger partial charge on any atom is 0.250 e. The Morgan fingerprint density at radius 3 is 2.86 bits per heavy atom. The molecular formula is C15H22N4O2. The molecule has 2 aromatic rings. The van der Waals surface area contributed by atoms with E-state index in [1.165, 1.54) is 5.56 Å². The lowest BCUT2D eigenvalue weighted by molar-refractivity contribution is 0.186. The molecule has 6 heteroatoms. The minimum absolute atomic E-state index is 0.0202. The van der Waals surface area contributed by atoms with Crippen LogP contribution in [0.25, 0.3) is 0 Å². The van der Waals surface area contributed by atoms with Crippen molar-refractivity contribution in [1.29, 1.82) is 0 Å². The topological polar surface area (TPSA) is 61.1 Å². The van der Waals surface area contributed by atoms with Crippen molar-refractivity contribution in [3.8, 4) is 0 Å².